The van der Waals surface area contributed by atoms with E-state index < -0.39 is 0 Å². The number of halogens is 1. The Balaban J connectivity index is 1.56. The summed E-state index contributed by atoms with van der Waals surface area (Å²) in [6, 6.07) is 0. The van der Waals surface area contributed by atoms with Crippen LogP contribution in [0.2, 0.25) is 0 Å². The number of carbonyl (C=O) groups is 1. The molecule has 1 aliphatic heterocycles. The van der Waals surface area contributed by atoms with Gasteiger partial charge < -0.3 is 9.84 Å². The van der Waals surface area contributed by atoms with E-state index in [0.29, 0.717) is 23.5 Å². The Morgan fingerprint density at radius 2 is 2.04 bits per heavy atom. The average Bonchev–Trinajstić information content (AvgIpc) is 2.88. The summed E-state index contributed by atoms with van der Waals surface area (Å²) in [5.41, 5.74) is 0.129. The van der Waals surface area contributed by atoms with Gasteiger partial charge in [0.05, 0.1) is 23.1 Å². The summed E-state index contributed by atoms with van der Waals surface area (Å²) in [6.07, 6.45) is 8.06. The number of alkyl halides is 1. The van der Waals surface area contributed by atoms with E-state index in [1.54, 1.807) is 0 Å². The lowest BCUT2D eigenvalue weighted by atomic mass is 9.45. The van der Waals surface area contributed by atoms with E-state index in [4.69, 9.17) is 4.74 Å². The molecule has 5 aliphatic rings. The maximum absolute atomic E-state index is 12.5. The minimum absolute atomic E-state index is 0.0326. The number of ketones is 1. The van der Waals surface area contributed by atoms with E-state index in [1.165, 1.54) is 6.42 Å². The molecule has 23 heavy (non-hydrogen) atoms. The third-order valence-electron chi connectivity index (χ3n) is 8.68. The van der Waals surface area contributed by atoms with Crippen molar-refractivity contribution in [2.45, 2.75) is 74.8 Å². The summed E-state index contributed by atoms with van der Waals surface area (Å²) in [6.45, 7) is 3.10. The van der Waals surface area contributed by atoms with Crippen molar-refractivity contribution in [2.75, 3.05) is 6.61 Å². The van der Waals surface area contributed by atoms with Crippen molar-refractivity contribution in [3.05, 3.63) is 0 Å². The Hall–Kier alpha value is 0.0700. The summed E-state index contributed by atoms with van der Waals surface area (Å²) >= 11 is 4.11. The lowest BCUT2D eigenvalue weighted by Gasteiger charge is -2.61. The fraction of sp³-hybridized carbons (Fsp3) is 0.947. The van der Waals surface area contributed by atoms with Crippen LogP contribution < -0.4 is 0 Å². The molecule has 5 fully saturated rings. The molecule has 4 heteroatoms. The van der Waals surface area contributed by atoms with Crippen molar-refractivity contribution < 1.29 is 14.6 Å². The maximum Gasteiger partial charge on any atom is 0.139 e. The molecule has 5 rings (SSSR count). The fourth-order valence-corrected chi connectivity index (χ4v) is 8.78. The Kier molecular flexibility index (Phi) is 3.08. The Labute approximate surface area is 146 Å². The quantitative estimate of drug-likeness (QED) is 0.652. The molecule has 4 aliphatic carbocycles. The van der Waals surface area contributed by atoms with Crippen LogP contribution in [-0.4, -0.2) is 34.0 Å². The second kappa shape index (κ2) is 4.62. The molecule has 0 radical (unpaired) electrons. The highest BCUT2D eigenvalue weighted by molar-refractivity contribution is 9.10. The van der Waals surface area contributed by atoms with E-state index in [9.17, 15) is 9.90 Å². The highest BCUT2D eigenvalue weighted by atomic mass is 79.9. The first kappa shape index (κ1) is 15.3. The molecule has 8 atom stereocenters. The summed E-state index contributed by atoms with van der Waals surface area (Å²) < 4.78 is 6.29. The molecule has 128 valence electrons. The van der Waals surface area contributed by atoms with Crippen LogP contribution in [0.1, 0.15) is 58.3 Å². The molecular weight excluding hydrogens is 356 g/mol. The molecule has 3 nitrogen and oxygen atoms in total. The molecule has 4 saturated carbocycles. The average molecular weight is 383 g/mol. The molecule has 0 amide bonds. The Morgan fingerprint density at radius 3 is 2.87 bits per heavy atom. The van der Waals surface area contributed by atoms with Crippen LogP contribution in [0, 0.1) is 28.6 Å². The van der Waals surface area contributed by atoms with Gasteiger partial charge in [-0.15, -0.1) is 0 Å². The third kappa shape index (κ3) is 1.67. The van der Waals surface area contributed by atoms with Crippen molar-refractivity contribution in [1.29, 1.82) is 0 Å². The van der Waals surface area contributed by atoms with Crippen molar-refractivity contribution in [3.63, 3.8) is 0 Å². The van der Waals surface area contributed by atoms with Gasteiger partial charge in [0.25, 0.3) is 0 Å². The van der Waals surface area contributed by atoms with E-state index >= 15 is 0 Å². The van der Waals surface area contributed by atoms with Gasteiger partial charge in [-0.05, 0) is 62.7 Å². The van der Waals surface area contributed by atoms with Gasteiger partial charge in [0.15, 0.2) is 0 Å². The van der Waals surface area contributed by atoms with E-state index in [1.807, 2.05) is 0 Å². The summed E-state index contributed by atoms with van der Waals surface area (Å²) in [4.78, 5) is 12.5. The van der Waals surface area contributed by atoms with Crippen molar-refractivity contribution in [2.24, 2.45) is 28.6 Å². The van der Waals surface area contributed by atoms with Crippen LogP contribution in [0.15, 0.2) is 0 Å². The normalized spacial score (nSPS) is 61.0. The predicted octanol–water partition coefficient (Wildman–Crippen LogP) is 3.47. The molecule has 1 N–H and O–H groups in total. The van der Waals surface area contributed by atoms with Gasteiger partial charge in [-0.3, -0.25) is 4.79 Å². The van der Waals surface area contributed by atoms with Gasteiger partial charge in [0, 0.05) is 17.3 Å². The van der Waals surface area contributed by atoms with Crippen LogP contribution in [0.3, 0.4) is 0 Å². The Morgan fingerprint density at radius 1 is 1.22 bits per heavy atom. The van der Waals surface area contributed by atoms with E-state index in [2.05, 4.69) is 22.9 Å². The Bertz CT molecular complexity index is 565. The monoisotopic (exact) mass is 382 g/mol. The van der Waals surface area contributed by atoms with Gasteiger partial charge in [-0.2, -0.15) is 0 Å². The highest BCUT2D eigenvalue weighted by Crippen LogP contribution is 2.71. The minimum atomic E-state index is -0.190. The molecular formula is C19H27BrO3. The molecule has 1 saturated heterocycles. The van der Waals surface area contributed by atoms with Gasteiger partial charge in [0.1, 0.15) is 5.78 Å². The molecule has 0 aromatic rings. The number of aliphatic hydroxyl groups is 1. The number of aliphatic hydroxyl groups excluding tert-OH is 1. The second-order valence-corrected chi connectivity index (χ2v) is 10.7. The topological polar surface area (TPSA) is 46.5 Å². The molecule has 1 heterocycles. The van der Waals surface area contributed by atoms with E-state index in [0.717, 1.165) is 51.6 Å². The molecule has 1 unspecified atom stereocenters. The zero-order valence-corrected chi connectivity index (χ0v) is 15.5. The number of ether oxygens (including phenoxy) is 1. The van der Waals surface area contributed by atoms with Gasteiger partial charge >= 0.3 is 0 Å². The largest absolute Gasteiger partial charge is 0.393 e. The standard InChI is InChI=1S/C19H27BrO3/c1-17-6-5-14-12(13(17)2-3-15(17)22)8-16-19(20)9-11(21)4-7-18(14,19)10-23-16/h11-14,16,21H,2-10H2,1H3/t11-,12+,13-,14+,16+,17-,18+,19?/m0/s1. The number of carbonyl (C=O) groups excluding carboxylic acids is 1. The third-order valence-corrected chi connectivity index (χ3v) is 10.3. The zero-order chi connectivity index (χ0) is 16.0. The SMILES string of the molecule is C[C@]12CC[C@@H]3[C@H](C[C@H]4OC[C@]35CC[C@H](O)CC45Br)[C@@H]1CCC2=O. The van der Waals surface area contributed by atoms with Crippen LogP contribution in [0.4, 0.5) is 0 Å². The first-order valence-electron chi connectivity index (χ1n) is 9.43. The van der Waals surface area contributed by atoms with Gasteiger partial charge in [-0.1, -0.05) is 22.9 Å². The van der Waals surface area contributed by atoms with Crippen molar-refractivity contribution in [1.82, 2.24) is 0 Å². The fourth-order valence-electron chi connectivity index (χ4n) is 7.48. The first-order valence-corrected chi connectivity index (χ1v) is 10.2. The lowest BCUT2D eigenvalue weighted by Crippen LogP contribution is -2.63. The summed E-state index contributed by atoms with van der Waals surface area (Å²) in [5.74, 6) is 2.39. The van der Waals surface area contributed by atoms with Gasteiger partial charge in [0.2, 0.25) is 0 Å². The molecule has 0 aromatic carbocycles. The summed E-state index contributed by atoms with van der Waals surface area (Å²) in [5, 5.41) is 10.3. The maximum atomic E-state index is 12.5. The van der Waals surface area contributed by atoms with Crippen molar-refractivity contribution in [3.8, 4) is 0 Å². The zero-order valence-electron chi connectivity index (χ0n) is 13.9. The smallest absolute Gasteiger partial charge is 0.139 e. The van der Waals surface area contributed by atoms with Crippen LogP contribution in [0.25, 0.3) is 0 Å². The van der Waals surface area contributed by atoms with Crippen LogP contribution in [0.5, 0.6) is 0 Å². The second-order valence-electron chi connectivity index (χ2n) is 9.25. The van der Waals surface area contributed by atoms with Crippen LogP contribution >= 0.6 is 15.9 Å². The number of fused-ring (bicyclic) bond motifs is 3. The number of hydrogen-bond acceptors (Lipinski definition) is 3. The predicted molar refractivity (Wildman–Crippen MR) is 90.4 cm³/mol. The molecule has 0 aromatic heterocycles. The van der Waals surface area contributed by atoms with Gasteiger partial charge in [-0.25, -0.2) is 0 Å². The van der Waals surface area contributed by atoms with Crippen LogP contribution in [-0.2, 0) is 9.53 Å². The molecule has 2 bridgehead atoms. The molecule has 0 spiro atoms. The highest BCUT2D eigenvalue weighted by Gasteiger charge is 2.72. The number of rotatable bonds is 0. The minimum Gasteiger partial charge on any atom is -0.393 e. The van der Waals surface area contributed by atoms with E-state index in [-0.39, 0.29) is 27.4 Å². The van der Waals surface area contributed by atoms with Crippen molar-refractivity contribution >= 4 is 21.7 Å². The first-order chi connectivity index (χ1) is 10.9. The number of Topliss-reactive ketones (excluding diaryl/α,β-unsaturated/α-hetero) is 1. The lowest BCUT2D eigenvalue weighted by molar-refractivity contribution is -0.136. The number of hydrogen-bond donors (Lipinski definition) is 1. The summed E-state index contributed by atoms with van der Waals surface area (Å²) in [7, 11) is 0.